The molecule has 0 bridgehead atoms. The van der Waals surface area contributed by atoms with E-state index in [0.717, 1.165) is 31.1 Å². The summed E-state index contributed by atoms with van der Waals surface area (Å²) in [4.78, 5) is 6.86. The van der Waals surface area contributed by atoms with Crippen LogP contribution in [0.3, 0.4) is 0 Å². The van der Waals surface area contributed by atoms with E-state index >= 15 is 0 Å². The van der Waals surface area contributed by atoms with Gasteiger partial charge in [-0.3, -0.25) is 4.90 Å². The first-order valence-corrected chi connectivity index (χ1v) is 8.19. The quantitative estimate of drug-likeness (QED) is 0.819. The van der Waals surface area contributed by atoms with E-state index in [-0.39, 0.29) is 5.54 Å². The zero-order valence-corrected chi connectivity index (χ0v) is 13.5. The Bertz CT molecular complexity index is 428. The predicted octanol–water partition coefficient (Wildman–Crippen LogP) is 2.96. The summed E-state index contributed by atoms with van der Waals surface area (Å²) in [5.41, 5.74) is 7.52. The number of methoxy groups -OCH3 is 1. The topological polar surface area (TPSA) is 51.4 Å². The van der Waals surface area contributed by atoms with Gasteiger partial charge < -0.3 is 10.5 Å². The summed E-state index contributed by atoms with van der Waals surface area (Å²) in [6, 6.07) is 4.09. The molecule has 118 valence electrons. The van der Waals surface area contributed by atoms with Gasteiger partial charge in [-0.25, -0.2) is 4.98 Å². The molecule has 4 heteroatoms. The molecule has 1 heterocycles. The molecule has 2 N–H and O–H groups in total. The minimum Gasteiger partial charge on any atom is -0.481 e. The smallest absolute Gasteiger partial charge is 0.217 e. The Kier molecular flexibility index (Phi) is 6.00. The van der Waals surface area contributed by atoms with Crippen molar-refractivity contribution >= 4 is 0 Å². The van der Waals surface area contributed by atoms with Crippen LogP contribution in [0, 0.1) is 0 Å². The van der Waals surface area contributed by atoms with E-state index in [1.54, 1.807) is 13.3 Å². The standard InChI is InChI=1S/C17H29N3O/c1-3-20(13-15-9-8-12-19-16(15)21-2)17(14-18)10-6-4-5-7-11-17/h8-9,12H,3-7,10-11,13-14,18H2,1-2H3. The molecule has 0 spiro atoms. The van der Waals surface area contributed by atoms with Crippen molar-refractivity contribution in [3.8, 4) is 5.88 Å². The second-order valence-electron chi connectivity index (χ2n) is 6.03. The zero-order valence-electron chi connectivity index (χ0n) is 13.5. The number of hydrogen-bond donors (Lipinski definition) is 1. The maximum atomic E-state index is 6.22. The third kappa shape index (κ3) is 3.74. The van der Waals surface area contributed by atoms with E-state index in [1.807, 2.05) is 6.07 Å². The maximum absolute atomic E-state index is 6.22. The van der Waals surface area contributed by atoms with Gasteiger partial charge in [-0.15, -0.1) is 0 Å². The monoisotopic (exact) mass is 291 g/mol. The molecule has 21 heavy (non-hydrogen) atoms. The lowest BCUT2D eigenvalue weighted by molar-refractivity contribution is 0.0746. The zero-order chi connectivity index (χ0) is 15.1. The van der Waals surface area contributed by atoms with Gasteiger partial charge in [0.1, 0.15) is 0 Å². The number of likely N-dealkylation sites (N-methyl/N-ethyl adjacent to an activating group) is 1. The largest absolute Gasteiger partial charge is 0.481 e. The van der Waals surface area contributed by atoms with Crippen LogP contribution in [0.5, 0.6) is 5.88 Å². The van der Waals surface area contributed by atoms with Crippen LogP contribution >= 0.6 is 0 Å². The first kappa shape index (κ1) is 16.2. The average molecular weight is 291 g/mol. The van der Waals surface area contributed by atoms with Crippen molar-refractivity contribution in [1.82, 2.24) is 9.88 Å². The summed E-state index contributed by atoms with van der Waals surface area (Å²) in [6.45, 7) is 4.84. The van der Waals surface area contributed by atoms with Crippen LogP contribution in [-0.4, -0.2) is 35.6 Å². The Labute approximate surface area is 128 Å². The number of pyridine rings is 1. The lowest BCUT2D eigenvalue weighted by Crippen LogP contribution is -2.53. The van der Waals surface area contributed by atoms with Crippen molar-refractivity contribution in [3.05, 3.63) is 23.9 Å². The Hall–Kier alpha value is -1.13. The fraction of sp³-hybridized carbons (Fsp3) is 0.706. The van der Waals surface area contributed by atoms with Crippen molar-refractivity contribution in [2.24, 2.45) is 5.73 Å². The third-order valence-electron chi connectivity index (χ3n) is 4.87. The van der Waals surface area contributed by atoms with Crippen molar-refractivity contribution in [2.45, 2.75) is 57.5 Å². The molecular weight excluding hydrogens is 262 g/mol. The minimum atomic E-state index is 0.145. The summed E-state index contributed by atoms with van der Waals surface area (Å²) < 4.78 is 5.40. The third-order valence-corrected chi connectivity index (χ3v) is 4.87. The first-order valence-electron chi connectivity index (χ1n) is 8.19. The summed E-state index contributed by atoms with van der Waals surface area (Å²) >= 11 is 0. The van der Waals surface area contributed by atoms with Crippen LogP contribution in [0.2, 0.25) is 0 Å². The Morgan fingerprint density at radius 2 is 2.00 bits per heavy atom. The van der Waals surface area contributed by atoms with Crippen LogP contribution in [0.4, 0.5) is 0 Å². The van der Waals surface area contributed by atoms with Crippen LogP contribution in [0.15, 0.2) is 18.3 Å². The molecule has 0 radical (unpaired) electrons. The van der Waals surface area contributed by atoms with Gasteiger partial charge >= 0.3 is 0 Å². The SMILES string of the molecule is CCN(Cc1cccnc1OC)C1(CN)CCCCCC1. The second kappa shape index (κ2) is 7.76. The maximum Gasteiger partial charge on any atom is 0.217 e. The molecule has 1 aromatic rings. The molecular formula is C17H29N3O. The van der Waals surface area contributed by atoms with Gasteiger partial charge in [0.25, 0.3) is 0 Å². The number of rotatable bonds is 6. The second-order valence-corrected chi connectivity index (χ2v) is 6.03. The number of nitrogens with two attached hydrogens (primary N) is 1. The number of ether oxygens (including phenoxy) is 1. The molecule has 2 rings (SSSR count). The molecule has 1 fully saturated rings. The first-order chi connectivity index (χ1) is 10.3. The van der Waals surface area contributed by atoms with Crippen LogP contribution in [0.25, 0.3) is 0 Å². The van der Waals surface area contributed by atoms with Gasteiger partial charge in [0.05, 0.1) is 7.11 Å². The molecule has 1 aliphatic rings. The lowest BCUT2D eigenvalue weighted by Gasteiger charge is -2.43. The summed E-state index contributed by atoms with van der Waals surface area (Å²) in [6.07, 6.45) is 9.46. The summed E-state index contributed by atoms with van der Waals surface area (Å²) in [5.74, 6) is 0.733. The van der Waals surface area contributed by atoms with Gasteiger partial charge in [-0.2, -0.15) is 0 Å². The van der Waals surface area contributed by atoms with E-state index < -0.39 is 0 Å². The van der Waals surface area contributed by atoms with E-state index in [0.29, 0.717) is 0 Å². The molecule has 4 nitrogen and oxygen atoms in total. The molecule has 1 aliphatic carbocycles. The highest BCUT2D eigenvalue weighted by Gasteiger charge is 2.35. The van der Waals surface area contributed by atoms with Gasteiger partial charge in [-0.1, -0.05) is 38.7 Å². The molecule has 0 atom stereocenters. The normalized spacial score (nSPS) is 18.5. The molecule has 1 saturated carbocycles. The molecule has 0 unspecified atom stereocenters. The Morgan fingerprint density at radius 3 is 2.57 bits per heavy atom. The van der Waals surface area contributed by atoms with Crippen molar-refractivity contribution < 1.29 is 4.74 Å². The summed E-state index contributed by atoms with van der Waals surface area (Å²) in [7, 11) is 1.69. The van der Waals surface area contributed by atoms with Gasteiger partial charge in [0.15, 0.2) is 0 Å². The van der Waals surface area contributed by atoms with Crippen LogP contribution < -0.4 is 10.5 Å². The van der Waals surface area contributed by atoms with Crippen LogP contribution in [0.1, 0.15) is 51.0 Å². The molecule has 0 saturated heterocycles. The Balaban J connectivity index is 2.20. The summed E-state index contributed by atoms with van der Waals surface area (Å²) in [5, 5.41) is 0. The van der Waals surface area contributed by atoms with Gasteiger partial charge in [0, 0.05) is 30.4 Å². The molecule has 0 amide bonds. The molecule has 0 aliphatic heterocycles. The number of hydrogen-bond acceptors (Lipinski definition) is 4. The van der Waals surface area contributed by atoms with E-state index in [1.165, 1.54) is 38.5 Å². The Morgan fingerprint density at radius 1 is 1.29 bits per heavy atom. The number of nitrogens with zero attached hydrogens (tertiary/aromatic N) is 2. The average Bonchev–Trinajstić information content (AvgIpc) is 2.79. The fourth-order valence-corrected chi connectivity index (χ4v) is 3.58. The highest BCUT2D eigenvalue weighted by molar-refractivity contribution is 5.25. The van der Waals surface area contributed by atoms with E-state index in [4.69, 9.17) is 10.5 Å². The van der Waals surface area contributed by atoms with Crippen molar-refractivity contribution in [3.63, 3.8) is 0 Å². The van der Waals surface area contributed by atoms with E-state index in [9.17, 15) is 0 Å². The van der Waals surface area contributed by atoms with Gasteiger partial charge in [0.2, 0.25) is 5.88 Å². The van der Waals surface area contributed by atoms with Crippen molar-refractivity contribution in [1.29, 1.82) is 0 Å². The predicted molar refractivity (Wildman–Crippen MR) is 86.4 cm³/mol. The highest BCUT2D eigenvalue weighted by Crippen LogP contribution is 2.33. The minimum absolute atomic E-state index is 0.145. The molecule has 0 aromatic carbocycles. The fourth-order valence-electron chi connectivity index (χ4n) is 3.58. The number of aromatic nitrogens is 1. The van der Waals surface area contributed by atoms with Crippen LogP contribution in [-0.2, 0) is 6.54 Å². The molecule has 1 aromatic heterocycles. The lowest BCUT2D eigenvalue weighted by atomic mass is 9.87. The van der Waals surface area contributed by atoms with Crippen molar-refractivity contribution in [2.75, 3.05) is 20.2 Å². The highest BCUT2D eigenvalue weighted by atomic mass is 16.5. The van der Waals surface area contributed by atoms with E-state index in [2.05, 4.69) is 22.9 Å². The van der Waals surface area contributed by atoms with Gasteiger partial charge in [-0.05, 0) is 25.5 Å².